The van der Waals surface area contributed by atoms with Crippen molar-refractivity contribution in [1.29, 1.82) is 0 Å². The maximum absolute atomic E-state index is 13.9. The summed E-state index contributed by atoms with van der Waals surface area (Å²) in [6, 6.07) is 0. The van der Waals surface area contributed by atoms with E-state index in [0.717, 1.165) is 25.7 Å². The van der Waals surface area contributed by atoms with Crippen molar-refractivity contribution in [3.05, 3.63) is 23.3 Å². The summed E-state index contributed by atoms with van der Waals surface area (Å²) in [5, 5.41) is 0. The zero-order valence-electron chi connectivity index (χ0n) is 16.2. The number of hydrogen-bond donors (Lipinski definition) is 0. The van der Waals surface area contributed by atoms with Gasteiger partial charge in [0.25, 0.3) is 0 Å². The molecule has 0 spiro atoms. The molecule has 4 aliphatic carbocycles. The maximum Gasteiger partial charge on any atom is 0.416 e. The Bertz CT molecular complexity index is 762. The summed E-state index contributed by atoms with van der Waals surface area (Å²) in [5.41, 5.74) is -1.21. The minimum absolute atomic E-state index is 0.0381. The van der Waals surface area contributed by atoms with Gasteiger partial charge in [0, 0.05) is 12.3 Å². The first-order valence-electron chi connectivity index (χ1n) is 10.0. The first kappa shape index (κ1) is 18.9. The minimum Gasteiger partial charge on any atom is -0.300 e. The average molecular weight is 380 g/mol. The van der Waals surface area contributed by atoms with Gasteiger partial charge in [0.1, 0.15) is 5.78 Å². The lowest BCUT2D eigenvalue weighted by atomic mass is 9.47. The molecule has 0 amide bonds. The van der Waals surface area contributed by atoms with Gasteiger partial charge in [-0.15, -0.1) is 0 Å². The molecule has 0 aromatic rings. The molecule has 2 fully saturated rings. The number of carbonyl (C=O) groups excluding carboxylic acids is 2. The van der Waals surface area contributed by atoms with Gasteiger partial charge in [0.05, 0.1) is 5.57 Å². The molecular weight excluding hydrogens is 353 g/mol. The minimum atomic E-state index is -4.46. The summed E-state index contributed by atoms with van der Waals surface area (Å²) in [6.07, 6.45) is 2.37. The second-order valence-corrected chi connectivity index (χ2v) is 9.60. The number of fused-ring (bicyclic) bond motifs is 5. The highest BCUT2D eigenvalue weighted by Crippen LogP contribution is 2.67. The lowest BCUT2D eigenvalue weighted by molar-refractivity contribution is -0.128. The Hall–Kier alpha value is -1.39. The molecule has 0 bridgehead atoms. The third kappa shape index (κ3) is 2.60. The molecule has 0 heterocycles. The molecule has 0 radical (unpaired) electrons. The number of carbonyl (C=O) groups is 2. The van der Waals surface area contributed by atoms with Gasteiger partial charge in [-0.05, 0) is 79.3 Å². The summed E-state index contributed by atoms with van der Waals surface area (Å²) in [7, 11) is 0. The van der Waals surface area contributed by atoms with E-state index in [2.05, 4.69) is 6.92 Å². The first-order chi connectivity index (χ1) is 12.5. The number of hydrogen-bond acceptors (Lipinski definition) is 2. The summed E-state index contributed by atoms with van der Waals surface area (Å²) in [6.45, 7) is 5.67. The summed E-state index contributed by atoms with van der Waals surface area (Å²) in [5.74, 6) is -0.00671. The SMILES string of the molecule is CC(=O)[C@H]1CC[C@H]2[C@@H]3C=C(C(F)(F)F)C4=CC(=O)CC[C@]4(C)[C@H]3CC[C@]12C. The van der Waals surface area contributed by atoms with E-state index in [1.165, 1.54) is 12.2 Å². The molecule has 0 aliphatic heterocycles. The summed E-state index contributed by atoms with van der Waals surface area (Å²) in [4.78, 5) is 24.1. The highest BCUT2D eigenvalue weighted by Gasteiger charge is 2.61. The molecule has 4 rings (SSSR count). The molecule has 4 aliphatic rings. The van der Waals surface area contributed by atoms with E-state index >= 15 is 0 Å². The van der Waals surface area contributed by atoms with Crippen molar-refractivity contribution in [2.45, 2.75) is 65.5 Å². The fraction of sp³-hybridized carbons (Fsp3) is 0.727. The number of rotatable bonds is 1. The van der Waals surface area contributed by atoms with Crippen molar-refractivity contribution >= 4 is 11.6 Å². The zero-order valence-corrected chi connectivity index (χ0v) is 16.2. The van der Waals surface area contributed by atoms with Gasteiger partial charge in [0.15, 0.2) is 5.78 Å². The van der Waals surface area contributed by atoms with Crippen LogP contribution in [0.25, 0.3) is 0 Å². The third-order valence-corrected chi connectivity index (χ3v) is 8.41. The molecular formula is C22H27F3O2. The lowest BCUT2D eigenvalue weighted by Gasteiger charge is -2.57. The Kier molecular flexibility index (Phi) is 4.07. The smallest absolute Gasteiger partial charge is 0.300 e. The predicted molar refractivity (Wildman–Crippen MR) is 95.8 cm³/mol. The Morgan fingerprint density at radius 3 is 2.44 bits per heavy atom. The van der Waals surface area contributed by atoms with Gasteiger partial charge < -0.3 is 0 Å². The van der Waals surface area contributed by atoms with E-state index in [0.29, 0.717) is 12.8 Å². The van der Waals surface area contributed by atoms with E-state index in [4.69, 9.17) is 0 Å². The molecule has 27 heavy (non-hydrogen) atoms. The molecule has 0 saturated heterocycles. The average Bonchev–Trinajstić information content (AvgIpc) is 2.91. The van der Waals surface area contributed by atoms with E-state index in [9.17, 15) is 22.8 Å². The predicted octanol–water partition coefficient (Wildman–Crippen LogP) is 5.43. The van der Waals surface area contributed by atoms with Gasteiger partial charge >= 0.3 is 6.18 Å². The van der Waals surface area contributed by atoms with E-state index < -0.39 is 17.2 Å². The molecule has 0 unspecified atom stereocenters. The standard InChI is InChI=1S/C22H27F3O2/c1-12(26)15-4-5-16-14-11-19(22(23,24)25)18-10-13(27)6-8-21(18,3)17(14)7-9-20(15,16)2/h10-11,14-17H,4-9H2,1-3H3/t14-,15+,16-,17-,20+,21+/m0/s1. The Balaban J connectivity index is 1.85. The van der Waals surface area contributed by atoms with Crippen molar-refractivity contribution < 1.29 is 22.8 Å². The van der Waals surface area contributed by atoms with Crippen LogP contribution >= 0.6 is 0 Å². The van der Waals surface area contributed by atoms with E-state index in [-0.39, 0.29) is 46.2 Å². The first-order valence-corrected chi connectivity index (χ1v) is 10.0. The molecule has 6 atom stereocenters. The van der Waals surface area contributed by atoms with Crippen LogP contribution in [0.3, 0.4) is 0 Å². The van der Waals surface area contributed by atoms with Crippen LogP contribution in [-0.2, 0) is 9.59 Å². The topological polar surface area (TPSA) is 34.1 Å². The molecule has 0 aromatic heterocycles. The molecule has 2 saturated carbocycles. The highest BCUT2D eigenvalue weighted by atomic mass is 19.4. The van der Waals surface area contributed by atoms with E-state index in [1.54, 1.807) is 6.92 Å². The van der Waals surface area contributed by atoms with Crippen molar-refractivity contribution in [2.24, 2.45) is 34.5 Å². The number of halogens is 3. The quantitative estimate of drug-likeness (QED) is 0.608. The summed E-state index contributed by atoms with van der Waals surface area (Å²) >= 11 is 0. The molecule has 0 aromatic carbocycles. The van der Waals surface area contributed by atoms with Crippen molar-refractivity contribution in [3.8, 4) is 0 Å². The number of alkyl halides is 3. The third-order valence-electron chi connectivity index (χ3n) is 8.41. The van der Waals surface area contributed by atoms with E-state index in [1.807, 2.05) is 6.92 Å². The van der Waals surface area contributed by atoms with Gasteiger partial charge in [-0.1, -0.05) is 19.9 Å². The molecule has 2 nitrogen and oxygen atoms in total. The Morgan fingerprint density at radius 1 is 1.11 bits per heavy atom. The van der Waals surface area contributed by atoms with Crippen LogP contribution in [0.4, 0.5) is 13.2 Å². The zero-order chi connectivity index (χ0) is 19.8. The normalized spacial score (nSPS) is 44.0. The summed E-state index contributed by atoms with van der Waals surface area (Å²) < 4.78 is 41.8. The Labute approximate surface area is 158 Å². The van der Waals surface area contributed by atoms with Crippen LogP contribution in [0.1, 0.15) is 59.3 Å². The Morgan fingerprint density at radius 2 is 1.81 bits per heavy atom. The van der Waals surface area contributed by atoms with Crippen LogP contribution in [0.5, 0.6) is 0 Å². The van der Waals surface area contributed by atoms with Crippen LogP contribution in [0, 0.1) is 34.5 Å². The number of allylic oxidation sites excluding steroid dienone is 4. The second-order valence-electron chi connectivity index (χ2n) is 9.60. The van der Waals surface area contributed by atoms with Crippen LogP contribution < -0.4 is 0 Å². The van der Waals surface area contributed by atoms with Crippen molar-refractivity contribution in [3.63, 3.8) is 0 Å². The van der Waals surface area contributed by atoms with Crippen LogP contribution in [-0.4, -0.2) is 17.7 Å². The van der Waals surface area contributed by atoms with Gasteiger partial charge in [-0.2, -0.15) is 13.2 Å². The molecule has 148 valence electrons. The fourth-order valence-electron chi connectivity index (χ4n) is 7.05. The van der Waals surface area contributed by atoms with Gasteiger partial charge in [-0.3, -0.25) is 9.59 Å². The van der Waals surface area contributed by atoms with Crippen LogP contribution in [0.2, 0.25) is 0 Å². The monoisotopic (exact) mass is 380 g/mol. The second kappa shape index (κ2) is 5.81. The highest BCUT2D eigenvalue weighted by molar-refractivity contribution is 5.92. The van der Waals surface area contributed by atoms with Crippen LogP contribution in [0.15, 0.2) is 23.3 Å². The largest absolute Gasteiger partial charge is 0.416 e. The van der Waals surface area contributed by atoms with Gasteiger partial charge in [-0.25, -0.2) is 0 Å². The fourth-order valence-corrected chi connectivity index (χ4v) is 7.05. The van der Waals surface area contributed by atoms with Crippen molar-refractivity contribution in [2.75, 3.05) is 0 Å². The molecule has 5 heteroatoms. The maximum atomic E-state index is 13.9. The number of ketones is 2. The molecule has 0 N–H and O–H groups in total. The van der Waals surface area contributed by atoms with Crippen molar-refractivity contribution in [1.82, 2.24) is 0 Å². The lowest BCUT2D eigenvalue weighted by Crippen LogP contribution is -2.51. The van der Waals surface area contributed by atoms with Gasteiger partial charge in [0.2, 0.25) is 0 Å². The number of Topliss-reactive ketones (excluding diaryl/α,β-unsaturated/α-hetero) is 1.